The summed E-state index contributed by atoms with van der Waals surface area (Å²) in [6.45, 7) is 2.40. The first kappa shape index (κ1) is 14.2. The highest BCUT2D eigenvalue weighted by atomic mass is 16.6. The standard InChI is InChI=1S/C16H19NO4/c1-10-8-11(21-14(18)9-10)6-7-17-15(19)12-4-2-3-5-13(12)16(17)20/h2-5,10-11,14,18H,6-9H2,1H3/t10-,11+,14+/m0/s1. The summed E-state index contributed by atoms with van der Waals surface area (Å²) >= 11 is 0. The van der Waals surface area contributed by atoms with Crippen LogP contribution in [0.1, 0.15) is 46.9 Å². The highest BCUT2D eigenvalue weighted by Crippen LogP contribution is 2.27. The van der Waals surface area contributed by atoms with Crippen molar-refractivity contribution in [1.29, 1.82) is 0 Å². The Morgan fingerprint density at radius 1 is 1.19 bits per heavy atom. The van der Waals surface area contributed by atoms with E-state index in [1.165, 1.54) is 4.90 Å². The maximum absolute atomic E-state index is 12.2. The van der Waals surface area contributed by atoms with E-state index in [9.17, 15) is 14.7 Å². The van der Waals surface area contributed by atoms with E-state index in [2.05, 4.69) is 6.92 Å². The van der Waals surface area contributed by atoms with Gasteiger partial charge >= 0.3 is 0 Å². The molecule has 21 heavy (non-hydrogen) atoms. The Bertz CT molecular complexity index is 526. The van der Waals surface area contributed by atoms with Crippen molar-refractivity contribution in [3.05, 3.63) is 35.4 Å². The number of rotatable bonds is 3. The Balaban J connectivity index is 1.64. The minimum absolute atomic E-state index is 0.104. The summed E-state index contributed by atoms with van der Waals surface area (Å²) in [5.41, 5.74) is 0.945. The van der Waals surface area contributed by atoms with Crippen molar-refractivity contribution >= 4 is 11.8 Å². The van der Waals surface area contributed by atoms with Gasteiger partial charge in [0.25, 0.3) is 11.8 Å². The van der Waals surface area contributed by atoms with Crippen molar-refractivity contribution in [1.82, 2.24) is 4.90 Å². The van der Waals surface area contributed by atoms with Crippen molar-refractivity contribution in [2.24, 2.45) is 5.92 Å². The monoisotopic (exact) mass is 289 g/mol. The minimum atomic E-state index is -0.735. The quantitative estimate of drug-likeness (QED) is 0.862. The number of hydrogen-bond donors (Lipinski definition) is 1. The molecule has 1 aromatic rings. The molecule has 1 saturated heterocycles. The Hall–Kier alpha value is -1.72. The van der Waals surface area contributed by atoms with Crippen molar-refractivity contribution in [2.75, 3.05) is 6.54 Å². The molecule has 1 fully saturated rings. The lowest BCUT2D eigenvalue weighted by Crippen LogP contribution is -2.37. The van der Waals surface area contributed by atoms with Crippen molar-refractivity contribution in [3.8, 4) is 0 Å². The normalized spacial score (nSPS) is 28.9. The molecule has 2 aliphatic heterocycles. The molecule has 1 N–H and O–H groups in total. The van der Waals surface area contributed by atoms with E-state index in [4.69, 9.17) is 4.74 Å². The van der Waals surface area contributed by atoms with Crippen molar-refractivity contribution in [3.63, 3.8) is 0 Å². The third-order valence-electron chi connectivity index (χ3n) is 4.17. The zero-order valence-corrected chi connectivity index (χ0v) is 12.0. The highest BCUT2D eigenvalue weighted by molar-refractivity contribution is 6.21. The molecule has 0 radical (unpaired) electrons. The number of nitrogens with zero attached hydrogens (tertiary/aromatic N) is 1. The van der Waals surface area contributed by atoms with Gasteiger partial charge in [-0.3, -0.25) is 14.5 Å². The van der Waals surface area contributed by atoms with Crippen LogP contribution in [-0.4, -0.2) is 40.8 Å². The lowest BCUT2D eigenvalue weighted by Gasteiger charge is -2.31. The predicted octanol–water partition coefficient (Wildman–Crippen LogP) is 1.81. The second-order valence-electron chi connectivity index (χ2n) is 5.89. The van der Waals surface area contributed by atoms with Crippen LogP contribution in [0, 0.1) is 5.92 Å². The summed E-state index contributed by atoms with van der Waals surface area (Å²) in [6.07, 6.45) is 1.21. The summed E-state index contributed by atoms with van der Waals surface area (Å²) < 4.78 is 5.47. The number of hydrogen-bond acceptors (Lipinski definition) is 4. The van der Waals surface area contributed by atoms with E-state index in [-0.39, 0.29) is 17.9 Å². The highest BCUT2D eigenvalue weighted by Gasteiger charge is 2.35. The number of amides is 2. The molecule has 5 heteroatoms. The summed E-state index contributed by atoms with van der Waals surface area (Å²) in [6, 6.07) is 6.88. The summed E-state index contributed by atoms with van der Waals surface area (Å²) in [4.78, 5) is 25.7. The van der Waals surface area contributed by atoms with Crippen LogP contribution in [0.4, 0.5) is 0 Å². The summed E-state index contributed by atoms with van der Waals surface area (Å²) in [5.74, 6) is -0.0825. The van der Waals surface area contributed by atoms with Crippen LogP contribution in [0.2, 0.25) is 0 Å². The van der Waals surface area contributed by atoms with Crippen molar-refractivity contribution in [2.45, 2.75) is 38.6 Å². The molecule has 0 saturated carbocycles. The topological polar surface area (TPSA) is 66.8 Å². The van der Waals surface area contributed by atoms with Crippen LogP contribution in [0.5, 0.6) is 0 Å². The molecule has 2 aliphatic rings. The van der Waals surface area contributed by atoms with E-state index < -0.39 is 6.29 Å². The Labute approximate surface area is 123 Å². The molecule has 2 heterocycles. The second kappa shape index (κ2) is 5.58. The van der Waals surface area contributed by atoms with Crippen LogP contribution in [0.3, 0.4) is 0 Å². The number of ether oxygens (including phenoxy) is 1. The van der Waals surface area contributed by atoms with Crippen LogP contribution in [0.25, 0.3) is 0 Å². The number of carbonyl (C=O) groups excluding carboxylic acids is 2. The van der Waals surface area contributed by atoms with E-state index in [0.717, 1.165) is 6.42 Å². The number of carbonyl (C=O) groups is 2. The lowest BCUT2D eigenvalue weighted by atomic mass is 9.95. The van der Waals surface area contributed by atoms with Gasteiger partial charge in [-0.25, -0.2) is 0 Å². The minimum Gasteiger partial charge on any atom is -0.368 e. The van der Waals surface area contributed by atoms with E-state index in [1.807, 2.05) is 0 Å². The molecule has 0 unspecified atom stereocenters. The molecule has 3 atom stereocenters. The number of fused-ring (bicyclic) bond motifs is 1. The molecule has 1 aromatic carbocycles. The van der Waals surface area contributed by atoms with Gasteiger partial charge in [-0.1, -0.05) is 19.1 Å². The first-order chi connectivity index (χ1) is 10.1. The molecule has 3 rings (SSSR count). The van der Waals surface area contributed by atoms with Gasteiger partial charge < -0.3 is 9.84 Å². The lowest BCUT2D eigenvalue weighted by molar-refractivity contribution is -0.176. The van der Waals surface area contributed by atoms with Crippen LogP contribution < -0.4 is 0 Å². The third kappa shape index (κ3) is 2.71. The average molecular weight is 289 g/mol. The van der Waals surface area contributed by atoms with Gasteiger partial charge in [-0.05, 0) is 30.9 Å². The van der Waals surface area contributed by atoms with Gasteiger partial charge in [-0.2, -0.15) is 0 Å². The Morgan fingerprint density at radius 3 is 2.38 bits per heavy atom. The van der Waals surface area contributed by atoms with Gasteiger partial charge in [0.15, 0.2) is 6.29 Å². The fourth-order valence-electron chi connectivity index (χ4n) is 3.12. The van der Waals surface area contributed by atoms with Gasteiger partial charge in [0, 0.05) is 13.0 Å². The van der Waals surface area contributed by atoms with Crippen LogP contribution in [0.15, 0.2) is 24.3 Å². The molecule has 5 nitrogen and oxygen atoms in total. The van der Waals surface area contributed by atoms with E-state index >= 15 is 0 Å². The molecule has 0 bridgehead atoms. The average Bonchev–Trinajstić information content (AvgIpc) is 2.69. The van der Waals surface area contributed by atoms with E-state index in [1.54, 1.807) is 24.3 Å². The van der Waals surface area contributed by atoms with Crippen LogP contribution in [-0.2, 0) is 4.74 Å². The number of benzene rings is 1. The van der Waals surface area contributed by atoms with Gasteiger partial charge in [0.05, 0.1) is 17.2 Å². The number of aliphatic hydroxyl groups is 1. The van der Waals surface area contributed by atoms with Gasteiger partial charge in [0.1, 0.15) is 0 Å². The molecule has 2 amide bonds. The summed E-state index contributed by atoms with van der Waals surface area (Å²) in [5, 5.41) is 9.62. The number of imide groups is 1. The summed E-state index contributed by atoms with van der Waals surface area (Å²) in [7, 11) is 0. The maximum Gasteiger partial charge on any atom is 0.261 e. The second-order valence-corrected chi connectivity index (χ2v) is 5.89. The molecular weight excluding hydrogens is 270 g/mol. The Kier molecular flexibility index (Phi) is 3.78. The predicted molar refractivity (Wildman–Crippen MR) is 75.7 cm³/mol. The molecular formula is C16H19NO4. The zero-order chi connectivity index (χ0) is 15.0. The molecule has 112 valence electrons. The third-order valence-corrected chi connectivity index (χ3v) is 4.17. The smallest absolute Gasteiger partial charge is 0.261 e. The Morgan fingerprint density at radius 2 is 1.81 bits per heavy atom. The first-order valence-electron chi connectivity index (χ1n) is 7.35. The fourth-order valence-corrected chi connectivity index (χ4v) is 3.12. The number of aliphatic hydroxyl groups excluding tert-OH is 1. The fraction of sp³-hybridized carbons (Fsp3) is 0.500. The van der Waals surface area contributed by atoms with E-state index in [0.29, 0.717) is 36.4 Å². The molecule has 0 aliphatic carbocycles. The zero-order valence-electron chi connectivity index (χ0n) is 12.0. The van der Waals surface area contributed by atoms with Crippen molar-refractivity contribution < 1.29 is 19.4 Å². The van der Waals surface area contributed by atoms with Crippen LogP contribution >= 0.6 is 0 Å². The van der Waals surface area contributed by atoms with Gasteiger partial charge in [0.2, 0.25) is 0 Å². The SMILES string of the molecule is C[C@H]1C[C@@H](CCN2C(=O)c3ccccc3C2=O)O[C@@H](O)C1. The van der Waals surface area contributed by atoms with Gasteiger partial charge in [-0.15, -0.1) is 0 Å². The maximum atomic E-state index is 12.2. The largest absolute Gasteiger partial charge is 0.368 e. The first-order valence-corrected chi connectivity index (χ1v) is 7.35. The molecule has 0 spiro atoms. The molecule has 0 aromatic heterocycles.